The Morgan fingerprint density at radius 1 is 1.00 bits per heavy atom. The van der Waals surface area contributed by atoms with Crippen molar-refractivity contribution >= 4 is 33.2 Å². The maximum Gasteiger partial charge on any atom is 0.286 e. The van der Waals surface area contributed by atoms with Gasteiger partial charge in [-0.15, -0.1) is 4.40 Å². The Morgan fingerprint density at radius 3 is 2.40 bits per heavy atom. The molecule has 156 valence electrons. The van der Waals surface area contributed by atoms with Crippen molar-refractivity contribution in [3.8, 4) is 0 Å². The van der Waals surface area contributed by atoms with Gasteiger partial charge in [0, 0.05) is 19.5 Å². The van der Waals surface area contributed by atoms with Crippen LogP contribution in [0.25, 0.3) is 0 Å². The predicted molar refractivity (Wildman–Crippen MR) is 114 cm³/mol. The van der Waals surface area contributed by atoms with Crippen molar-refractivity contribution < 1.29 is 18.0 Å². The molecule has 1 atom stereocenters. The van der Waals surface area contributed by atoms with Crippen LogP contribution in [0.2, 0.25) is 0 Å². The first kappa shape index (κ1) is 20.3. The lowest BCUT2D eigenvalue weighted by atomic mass is 9.91. The first-order valence-corrected chi connectivity index (χ1v) is 11.5. The number of anilines is 1. The number of hydrogen-bond donors (Lipinski definition) is 1. The number of sulfonamides is 1. The van der Waals surface area contributed by atoms with Crippen LogP contribution in [-0.4, -0.2) is 43.9 Å². The van der Waals surface area contributed by atoms with Crippen molar-refractivity contribution in [3.05, 3.63) is 60.2 Å². The topological polar surface area (TPSA) is 95.9 Å². The van der Waals surface area contributed by atoms with Gasteiger partial charge in [0.1, 0.15) is 4.90 Å². The Bertz CT molecular complexity index is 1090. The Labute approximate surface area is 175 Å². The second-order valence-corrected chi connectivity index (χ2v) is 9.07. The number of amides is 1. The zero-order valence-electron chi connectivity index (χ0n) is 16.5. The van der Waals surface area contributed by atoms with E-state index in [1.807, 2.05) is 35.2 Å². The summed E-state index contributed by atoms with van der Waals surface area (Å²) in [5.74, 6) is -1.05. The number of rotatable bonds is 6. The average Bonchev–Trinajstić information content (AvgIpc) is 3.29. The molecule has 1 saturated heterocycles. The highest BCUT2D eigenvalue weighted by Crippen LogP contribution is 2.29. The summed E-state index contributed by atoms with van der Waals surface area (Å²) in [7, 11) is -3.93. The number of hydrogen-bond acceptors (Lipinski definition) is 5. The highest BCUT2D eigenvalue weighted by Gasteiger charge is 2.31. The molecule has 2 aromatic carbocycles. The number of carbonyl (C=O) groups is 2. The number of nitrogens with zero attached hydrogens (tertiary/aromatic N) is 2. The molecule has 2 aliphatic heterocycles. The summed E-state index contributed by atoms with van der Waals surface area (Å²) in [6.07, 6.45) is 2.29. The Kier molecular flexibility index (Phi) is 5.67. The van der Waals surface area contributed by atoms with Gasteiger partial charge < -0.3 is 10.2 Å². The molecule has 30 heavy (non-hydrogen) atoms. The number of ketones is 1. The van der Waals surface area contributed by atoms with Gasteiger partial charge in [-0.05, 0) is 37.0 Å². The average molecular weight is 426 g/mol. The van der Waals surface area contributed by atoms with Crippen molar-refractivity contribution in [2.45, 2.75) is 36.5 Å². The molecule has 0 bridgehead atoms. The van der Waals surface area contributed by atoms with Crippen LogP contribution in [-0.2, 0) is 19.6 Å². The Morgan fingerprint density at radius 2 is 1.67 bits per heavy atom. The fourth-order valence-corrected chi connectivity index (χ4v) is 5.04. The molecule has 2 aromatic rings. The largest absolute Gasteiger partial charge is 0.342 e. The van der Waals surface area contributed by atoms with Gasteiger partial charge in [-0.3, -0.25) is 9.59 Å². The quantitative estimate of drug-likeness (QED) is 0.768. The van der Waals surface area contributed by atoms with E-state index in [0.29, 0.717) is 12.1 Å². The van der Waals surface area contributed by atoms with Crippen LogP contribution < -0.4 is 5.32 Å². The second-order valence-electron chi connectivity index (χ2n) is 7.49. The molecule has 1 N–H and O–H groups in total. The zero-order chi connectivity index (χ0) is 21.1. The molecular formula is C22H23N3O4S. The van der Waals surface area contributed by atoms with E-state index >= 15 is 0 Å². The monoisotopic (exact) mass is 425 g/mol. The number of para-hydroxylation sites is 1. The van der Waals surface area contributed by atoms with Crippen molar-refractivity contribution in [2.75, 3.05) is 18.4 Å². The van der Waals surface area contributed by atoms with E-state index in [0.717, 1.165) is 31.5 Å². The molecule has 0 saturated carbocycles. The molecule has 0 aliphatic carbocycles. The smallest absolute Gasteiger partial charge is 0.286 e. The normalized spacial score (nSPS) is 18.1. The van der Waals surface area contributed by atoms with E-state index in [-0.39, 0.29) is 23.1 Å². The molecule has 0 aromatic heterocycles. The second kappa shape index (κ2) is 8.39. The van der Waals surface area contributed by atoms with Crippen molar-refractivity contribution in [1.82, 2.24) is 4.90 Å². The molecule has 1 amide bonds. The van der Waals surface area contributed by atoms with Crippen LogP contribution in [0.3, 0.4) is 0 Å². The highest BCUT2D eigenvalue weighted by atomic mass is 32.2. The van der Waals surface area contributed by atoms with Crippen LogP contribution in [0.15, 0.2) is 63.9 Å². The summed E-state index contributed by atoms with van der Waals surface area (Å²) in [4.78, 5) is 27.8. The van der Waals surface area contributed by atoms with Crippen LogP contribution >= 0.6 is 0 Å². The predicted octanol–water partition coefficient (Wildman–Crippen LogP) is 2.95. The minimum absolute atomic E-state index is 0.0165. The molecule has 2 heterocycles. The summed E-state index contributed by atoms with van der Waals surface area (Å²) in [6.45, 7) is 1.47. The fraction of sp³-hybridized carbons (Fsp3) is 0.318. The van der Waals surface area contributed by atoms with Crippen LogP contribution in [0.4, 0.5) is 5.69 Å². The SMILES string of the molecule is O=C(CCC(C(=O)N1CCCC1)c1ccccc1)C1=NS(=O)(=O)c2ccccc2N1. The van der Waals surface area contributed by atoms with Gasteiger partial charge >= 0.3 is 0 Å². The number of fused-ring (bicyclic) bond motifs is 1. The van der Waals surface area contributed by atoms with Gasteiger partial charge in [0.2, 0.25) is 5.91 Å². The van der Waals surface area contributed by atoms with E-state index in [1.165, 1.54) is 6.07 Å². The summed E-state index contributed by atoms with van der Waals surface area (Å²) in [6, 6.07) is 15.7. The van der Waals surface area contributed by atoms with Gasteiger partial charge in [-0.1, -0.05) is 42.5 Å². The summed E-state index contributed by atoms with van der Waals surface area (Å²) < 4.78 is 28.4. The number of amidine groups is 1. The third-order valence-electron chi connectivity index (χ3n) is 5.47. The number of Topliss-reactive ketones (excluding diaryl/α,β-unsaturated/α-hetero) is 1. The highest BCUT2D eigenvalue weighted by molar-refractivity contribution is 7.90. The maximum atomic E-state index is 13.1. The summed E-state index contributed by atoms with van der Waals surface area (Å²) >= 11 is 0. The lowest BCUT2D eigenvalue weighted by Gasteiger charge is -2.24. The van der Waals surface area contributed by atoms with Gasteiger partial charge in [0.25, 0.3) is 10.0 Å². The van der Waals surface area contributed by atoms with Crippen LogP contribution in [0, 0.1) is 0 Å². The van der Waals surface area contributed by atoms with Crippen molar-refractivity contribution in [2.24, 2.45) is 4.40 Å². The molecule has 0 spiro atoms. The first-order valence-electron chi connectivity index (χ1n) is 10.0. The van der Waals surface area contributed by atoms with Gasteiger partial charge in [0.05, 0.1) is 11.6 Å². The van der Waals surface area contributed by atoms with Gasteiger partial charge in [-0.25, -0.2) is 0 Å². The lowest BCUT2D eigenvalue weighted by Crippen LogP contribution is -2.34. The maximum absolute atomic E-state index is 13.1. The van der Waals surface area contributed by atoms with Crippen molar-refractivity contribution in [1.29, 1.82) is 0 Å². The van der Waals surface area contributed by atoms with E-state index in [1.54, 1.807) is 18.2 Å². The van der Waals surface area contributed by atoms with Crippen molar-refractivity contribution in [3.63, 3.8) is 0 Å². The number of carbonyl (C=O) groups excluding carboxylic acids is 2. The minimum atomic E-state index is -3.93. The fourth-order valence-electron chi connectivity index (χ4n) is 3.91. The molecule has 1 unspecified atom stereocenters. The van der Waals surface area contributed by atoms with E-state index < -0.39 is 21.7 Å². The Balaban J connectivity index is 1.52. The van der Waals surface area contributed by atoms with E-state index in [9.17, 15) is 18.0 Å². The molecule has 0 radical (unpaired) electrons. The molecule has 7 nitrogen and oxygen atoms in total. The van der Waals surface area contributed by atoms with E-state index in [2.05, 4.69) is 9.71 Å². The number of likely N-dealkylation sites (tertiary alicyclic amines) is 1. The number of nitrogens with one attached hydrogen (secondary N) is 1. The minimum Gasteiger partial charge on any atom is -0.342 e. The molecule has 4 rings (SSSR count). The van der Waals surface area contributed by atoms with Gasteiger partial charge in [-0.2, -0.15) is 8.42 Å². The molecule has 1 fully saturated rings. The van der Waals surface area contributed by atoms with Crippen LogP contribution in [0.1, 0.15) is 37.2 Å². The third-order valence-corrected chi connectivity index (χ3v) is 6.81. The summed E-state index contributed by atoms with van der Waals surface area (Å²) in [5.41, 5.74) is 1.20. The summed E-state index contributed by atoms with van der Waals surface area (Å²) in [5, 5.41) is 2.83. The molecule has 8 heteroatoms. The molecular weight excluding hydrogens is 402 g/mol. The van der Waals surface area contributed by atoms with Gasteiger partial charge in [0.15, 0.2) is 11.6 Å². The number of benzene rings is 2. The Hall–Kier alpha value is -3.00. The third kappa shape index (κ3) is 4.14. The van der Waals surface area contributed by atoms with Crippen LogP contribution in [0.5, 0.6) is 0 Å². The molecule has 2 aliphatic rings. The zero-order valence-corrected chi connectivity index (χ0v) is 17.3. The van der Waals surface area contributed by atoms with E-state index in [4.69, 9.17) is 0 Å². The lowest BCUT2D eigenvalue weighted by molar-refractivity contribution is -0.132. The standard InChI is InChI=1S/C22H23N3O4S/c26-19(21-23-18-10-4-5-11-20(18)30(28,29)24-21)13-12-17(16-8-2-1-3-9-16)22(27)25-14-6-7-15-25/h1-5,8-11,17H,6-7,12-15H2,(H,23,24). The first-order chi connectivity index (χ1) is 14.5.